The molecule has 0 aliphatic carbocycles. The molecule has 1 aromatic carbocycles. The van der Waals surface area contributed by atoms with Gasteiger partial charge in [0.1, 0.15) is 34.8 Å². The van der Waals surface area contributed by atoms with Gasteiger partial charge in [0.25, 0.3) is 0 Å². The molecule has 406 valence electrons. The van der Waals surface area contributed by atoms with Crippen LogP contribution in [-0.4, -0.2) is 227 Å². The number of piperidine rings is 12. The van der Waals surface area contributed by atoms with Crippen LogP contribution in [0.2, 0.25) is 0 Å². The summed E-state index contributed by atoms with van der Waals surface area (Å²) >= 11 is 0. The van der Waals surface area contributed by atoms with Crippen molar-refractivity contribution in [2.45, 2.75) is 93.4 Å². The fraction of sp³-hybridized carbons (Fsp3) is 0.769. The molecule has 12 heterocycles. The number of carboxylic acid groups (broad SMARTS) is 1. The number of aliphatic carboxylic acids is 1. The highest BCUT2D eigenvalue weighted by Gasteiger charge is 2.59. The summed E-state index contributed by atoms with van der Waals surface area (Å²) in [5, 5.41) is 10.5. The topological polar surface area (TPSA) is 221 Å². The van der Waals surface area contributed by atoms with Gasteiger partial charge in [-0.2, -0.15) is 0 Å². The van der Waals surface area contributed by atoms with Crippen molar-refractivity contribution in [1.29, 1.82) is 0 Å². The maximum Gasteiger partial charge on any atom is 0.410 e. The van der Waals surface area contributed by atoms with Crippen LogP contribution >= 0.6 is 7.60 Å². The number of carbonyl (C=O) groups excluding carboxylic acids is 5. The molecular weight excluding hydrogens is 966 g/mol. The van der Waals surface area contributed by atoms with E-state index in [-0.39, 0.29) is 99.6 Å². The molecule has 0 saturated carbocycles. The average molecular weight is 1040 g/mol. The van der Waals surface area contributed by atoms with Crippen LogP contribution < -0.4 is 5.30 Å². The predicted octanol–water partition coefficient (Wildman–Crippen LogP) is 2.79. The lowest BCUT2D eigenvalue weighted by Crippen LogP contribution is -2.72. The van der Waals surface area contributed by atoms with E-state index in [0.29, 0.717) is 31.5 Å². The molecule has 1 amide bonds. The molecule has 12 aliphatic rings. The maximum atomic E-state index is 14.4. The second-order valence-electron chi connectivity index (χ2n) is 22.0. The number of fused-ring (bicyclic) bond motifs is 12. The Labute approximate surface area is 429 Å². The molecule has 1 N–H and O–H groups in total. The van der Waals surface area contributed by atoms with Gasteiger partial charge in [-0.3, -0.25) is 48.2 Å². The van der Waals surface area contributed by atoms with Gasteiger partial charge in [0.2, 0.25) is 0 Å². The number of Topliss-reactive ketones (excluding diaryl/α,β-unsaturated/α-hetero) is 4. The lowest BCUT2D eigenvalue weighted by molar-refractivity contribution is -0.162. The predicted molar refractivity (Wildman–Crippen MR) is 266 cm³/mol. The third-order valence-electron chi connectivity index (χ3n) is 17.6. The Morgan fingerprint density at radius 1 is 0.562 bits per heavy atom. The van der Waals surface area contributed by atoms with Gasteiger partial charge in [-0.1, -0.05) is 32.0 Å². The Balaban J connectivity index is 0.000000195. The minimum atomic E-state index is -3.90. The monoisotopic (exact) mass is 1040 g/mol. The van der Waals surface area contributed by atoms with Crippen molar-refractivity contribution in [2.75, 3.05) is 134 Å². The highest BCUT2D eigenvalue weighted by molar-refractivity contribution is 7.62. The van der Waals surface area contributed by atoms with Crippen molar-refractivity contribution in [2.24, 2.45) is 29.6 Å². The van der Waals surface area contributed by atoms with Gasteiger partial charge < -0.3 is 37.8 Å². The van der Waals surface area contributed by atoms with Gasteiger partial charge in [0.15, 0.2) is 23.1 Å². The molecule has 0 spiro atoms. The molecule has 12 saturated heterocycles. The Bertz CT molecular complexity index is 2150. The normalized spacial score (nSPS) is 36.4. The molecule has 0 radical (unpaired) electrons. The molecule has 12 aliphatic heterocycles. The number of benzene rings is 1. The summed E-state index contributed by atoms with van der Waals surface area (Å²) in [4.78, 5) is 89.3. The molecular formula is C52H78N5O15P. The quantitative estimate of drug-likeness (QED) is 0.165. The molecule has 8 bridgehead atoms. The number of carboxylic acids is 1. The number of methoxy groups -OCH3 is 4. The first-order chi connectivity index (χ1) is 35.0. The fourth-order valence-electron chi connectivity index (χ4n) is 13.6. The first-order valence-electron chi connectivity index (χ1n) is 26.2. The Hall–Kier alpha value is -3.53. The van der Waals surface area contributed by atoms with Crippen LogP contribution in [0.5, 0.6) is 0 Å². The summed E-state index contributed by atoms with van der Waals surface area (Å²) in [5.41, 5.74) is -4.19. The molecule has 73 heavy (non-hydrogen) atoms. The highest BCUT2D eigenvalue weighted by atomic mass is 31.2. The number of nitrogens with zero attached hydrogens (tertiary/aromatic N) is 5. The van der Waals surface area contributed by atoms with Crippen LogP contribution in [0.15, 0.2) is 30.3 Å². The zero-order valence-electron chi connectivity index (χ0n) is 43.7. The molecule has 0 unspecified atom stereocenters. The second-order valence-corrected chi connectivity index (χ2v) is 24.0. The largest absolute Gasteiger partial charge is 0.480 e. The van der Waals surface area contributed by atoms with Crippen molar-refractivity contribution >= 4 is 48.1 Å². The van der Waals surface area contributed by atoms with E-state index in [4.69, 9.17) is 32.7 Å². The number of ketones is 4. The van der Waals surface area contributed by atoms with E-state index in [0.717, 1.165) is 77.5 Å². The smallest absolute Gasteiger partial charge is 0.410 e. The number of amides is 1. The van der Waals surface area contributed by atoms with Crippen molar-refractivity contribution < 1.29 is 71.2 Å². The lowest BCUT2D eigenvalue weighted by atomic mass is 9.73. The van der Waals surface area contributed by atoms with Gasteiger partial charge in [-0.25, -0.2) is 9.59 Å². The molecule has 20 nitrogen and oxygen atoms in total. The van der Waals surface area contributed by atoms with Crippen molar-refractivity contribution in [3.63, 3.8) is 0 Å². The minimum Gasteiger partial charge on any atom is -0.480 e. The van der Waals surface area contributed by atoms with Gasteiger partial charge in [0, 0.05) is 65.2 Å². The zero-order valence-corrected chi connectivity index (χ0v) is 44.6. The van der Waals surface area contributed by atoms with Gasteiger partial charge in [0.05, 0.1) is 51.5 Å². The van der Waals surface area contributed by atoms with E-state index in [1.54, 1.807) is 52.3 Å². The number of hydrogen-bond acceptors (Lipinski definition) is 18. The standard InChI is InChI=1S/C26H41N3O8.C26H37N2O7P/c1-17(2)20(23(32)33)29(13-25(14-35-3)21(30)18-5-9-27(25)10-6-18)24(34)37-16-26(15-36-4)22(31)19-7-11-28(26)12-8-19;1-32-16-25(23(29)20-8-12-27(25)13-9-20)18-34-36(31,22-6-4-3-5-7-22)35-19-26(17-33-2)24(30)21-10-14-28(26)15-11-21/h17-20H,5-16H2,1-4H3,(H,32,33);3-7,20-21H,8-19H2,1-2H3/t20-,25+,26+;25-,26-/m01/s1. The first-order valence-corrected chi connectivity index (χ1v) is 27.8. The van der Waals surface area contributed by atoms with Gasteiger partial charge in [-0.15, -0.1) is 0 Å². The lowest BCUT2D eigenvalue weighted by Gasteiger charge is -2.54. The zero-order chi connectivity index (χ0) is 52.3. The summed E-state index contributed by atoms with van der Waals surface area (Å²) in [6.07, 6.45) is 5.52. The molecule has 13 rings (SSSR count). The number of carbonyl (C=O) groups is 6. The summed E-state index contributed by atoms with van der Waals surface area (Å²) < 4.78 is 54.5. The molecule has 12 fully saturated rings. The molecule has 5 atom stereocenters. The van der Waals surface area contributed by atoms with E-state index in [1.165, 1.54) is 19.1 Å². The highest BCUT2D eigenvalue weighted by Crippen LogP contribution is 2.51. The van der Waals surface area contributed by atoms with Crippen molar-refractivity contribution in [3.8, 4) is 0 Å². The van der Waals surface area contributed by atoms with Gasteiger partial charge >= 0.3 is 19.7 Å². The number of hydrogen-bond donors (Lipinski definition) is 1. The number of ether oxygens (including phenoxy) is 5. The van der Waals surface area contributed by atoms with Crippen LogP contribution in [0.4, 0.5) is 4.79 Å². The third kappa shape index (κ3) is 10.3. The van der Waals surface area contributed by atoms with E-state index in [1.807, 2.05) is 15.9 Å². The first kappa shape index (κ1) is 55.7. The fourth-order valence-corrected chi connectivity index (χ4v) is 15.3. The SMILES string of the molecule is COC[C@@]1(COP(=O)(OC[C@]2(COC)C(=O)C3CCN2CC3)c2ccccc2)C(=O)C2CCN1CC2.COC[C@]1(CN(C(=O)OC[C@]2(COC)C(=O)C3CCN2CC3)[C@H](C(=O)O)C(C)C)C(=O)C2CCN1CC2. The minimum absolute atomic E-state index is 0.00609. The van der Waals surface area contributed by atoms with Crippen molar-refractivity contribution in [1.82, 2.24) is 24.5 Å². The van der Waals surface area contributed by atoms with Gasteiger partial charge in [-0.05, 0) is 109 Å². The van der Waals surface area contributed by atoms with Crippen LogP contribution in [0.3, 0.4) is 0 Å². The average Bonchev–Trinajstić information content (AvgIpc) is 3.40. The molecule has 21 heteroatoms. The van der Waals surface area contributed by atoms with E-state index >= 15 is 0 Å². The van der Waals surface area contributed by atoms with Crippen molar-refractivity contribution in [3.05, 3.63) is 30.3 Å². The summed E-state index contributed by atoms with van der Waals surface area (Å²) in [5.74, 6) is -1.74. The molecule has 0 aromatic heterocycles. The van der Waals surface area contributed by atoms with Crippen LogP contribution in [0.25, 0.3) is 0 Å². The summed E-state index contributed by atoms with van der Waals surface area (Å²) in [6.45, 7) is 9.25. The Morgan fingerprint density at radius 3 is 1.21 bits per heavy atom. The van der Waals surface area contributed by atoms with E-state index in [2.05, 4.69) is 9.80 Å². The maximum absolute atomic E-state index is 14.4. The summed E-state index contributed by atoms with van der Waals surface area (Å²) in [7, 11) is 2.25. The van der Waals surface area contributed by atoms with Crippen LogP contribution in [-0.2, 0) is 61.3 Å². The number of rotatable bonds is 22. The second kappa shape index (κ2) is 23.0. The third-order valence-corrected chi connectivity index (χ3v) is 19.5. The van der Waals surface area contributed by atoms with E-state index < -0.39 is 53.8 Å². The Kier molecular flexibility index (Phi) is 17.5. The Morgan fingerprint density at radius 2 is 0.890 bits per heavy atom. The summed E-state index contributed by atoms with van der Waals surface area (Å²) in [6, 6.07) is 7.58. The van der Waals surface area contributed by atoms with E-state index in [9.17, 15) is 38.4 Å². The van der Waals surface area contributed by atoms with Crippen LogP contribution in [0.1, 0.15) is 65.2 Å². The van der Waals surface area contributed by atoms with Crippen LogP contribution in [0, 0.1) is 29.6 Å². The molecule has 1 aromatic rings.